The molecule has 1 aromatic rings. The Morgan fingerprint density at radius 3 is 2.76 bits per heavy atom. The average molecular weight is 237 g/mol. The summed E-state index contributed by atoms with van der Waals surface area (Å²) in [5.74, 6) is 1.17. The standard InChI is InChI=1S/C11H15N3O3/c1-3-17-11-6-8(4-5-10(11)16-2)9(7-15)13-14-12/h4-6,9,15H,3,7H2,1-2H3. The van der Waals surface area contributed by atoms with Crippen LogP contribution in [0, 0.1) is 0 Å². The molecule has 6 nitrogen and oxygen atoms in total. The summed E-state index contributed by atoms with van der Waals surface area (Å²) in [6.07, 6.45) is 0. The lowest BCUT2D eigenvalue weighted by Crippen LogP contribution is -2.02. The molecule has 0 aromatic heterocycles. The Morgan fingerprint density at radius 1 is 1.47 bits per heavy atom. The number of nitrogens with zero attached hydrogens (tertiary/aromatic N) is 3. The van der Waals surface area contributed by atoms with Gasteiger partial charge in [-0.25, -0.2) is 0 Å². The summed E-state index contributed by atoms with van der Waals surface area (Å²) in [6, 6.07) is 4.55. The molecule has 1 N–H and O–H groups in total. The molecule has 0 saturated heterocycles. The topological polar surface area (TPSA) is 87.5 Å². The smallest absolute Gasteiger partial charge is 0.161 e. The van der Waals surface area contributed by atoms with Crippen molar-refractivity contribution in [2.45, 2.75) is 13.0 Å². The van der Waals surface area contributed by atoms with Crippen LogP contribution in [0.1, 0.15) is 18.5 Å². The van der Waals surface area contributed by atoms with Gasteiger partial charge >= 0.3 is 0 Å². The van der Waals surface area contributed by atoms with Gasteiger partial charge in [0.1, 0.15) is 0 Å². The van der Waals surface area contributed by atoms with E-state index in [9.17, 15) is 0 Å². The Kier molecular flexibility index (Phi) is 5.13. The number of rotatable bonds is 6. The molecule has 0 bridgehead atoms. The van der Waals surface area contributed by atoms with Crippen LogP contribution in [0.3, 0.4) is 0 Å². The van der Waals surface area contributed by atoms with E-state index in [1.54, 1.807) is 25.3 Å². The van der Waals surface area contributed by atoms with E-state index < -0.39 is 6.04 Å². The van der Waals surface area contributed by atoms with Crippen LogP contribution in [-0.2, 0) is 0 Å². The average Bonchev–Trinajstić information content (AvgIpc) is 2.36. The molecule has 0 spiro atoms. The van der Waals surface area contributed by atoms with Crippen molar-refractivity contribution >= 4 is 0 Å². The number of ether oxygens (including phenoxy) is 2. The Hall–Kier alpha value is -1.91. The summed E-state index contributed by atoms with van der Waals surface area (Å²) in [6.45, 7) is 2.12. The van der Waals surface area contributed by atoms with E-state index in [1.807, 2.05) is 6.92 Å². The minimum absolute atomic E-state index is 0.248. The second kappa shape index (κ2) is 6.62. The highest BCUT2D eigenvalue weighted by molar-refractivity contribution is 5.43. The second-order valence-electron chi connectivity index (χ2n) is 3.25. The zero-order valence-electron chi connectivity index (χ0n) is 9.83. The molecular formula is C11H15N3O3. The first kappa shape index (κ1) is 13.2. The number of hydrogen-bond donors (Lipinski definition) is 1. The Labute approximate surface area is 99.4 Å². The van der Waals surface area contributed by atoms with Crippen molar-refractivity contribution in [3.05, 3.63) is 34.2 Å². The molecule has 0 aliphatic heterocycles. The van der Waals surface area contributed by atoms with Crippen LogP contribution in [0.25, 0.3) is 10.4 Å². The Morgan fingerprint density at radius 2 is 2.24 bits per heavy atom. The number of aliphatic hydroxyl groups is 1. The van der Waals surface area contributed by atoms with Crippen LogP contribution in [0.15, 0.2) is 23.3 Å². The molecule has 0 fully saturated rings. The van der Waals surface area contributed by atoms with Crippen molar-refractivity contribution in [2.75, 3.05) is 20.3 Å². The minimum Gasteiger partial charge on any atom is -0.493 e. The fraction of sp³-hybridized carbons (Fsp3) is 0.455. The Balaban J connectivity index is 3.09. The molecule has 0 saturated carbocycles. The monoisotopic (exact) mass is 237 g/mol. The molecule has 0 aliphatic carbocycles. The molecule has 0 amide bonds. The SMILES string of the molecule is CCOc1cc(C(CO)N=[N+]=[N-])ccc1OC. The van der Waals surface area contributed by atoms with E-state index in [2.05, 4.69) is 10.0 Å². The zero-order chi connectivity index (χ0) is 12.7. The predicted molar refractivity (Wildman–Crippen MR) is 63.1 cm³/mol. The third-order valence-electron chi connectivity index (χ3n) is 2.24. The van der Waals surface area contributed by atoms with Gasteiger partial charge in [0, 0.05) is 4.91 Å². The third-order valence-corrected chi connectivity index (χ3v) is 2.24. The van der Waals surface area contributed by atoms with Gasteiger partial charge in [-0.2, -0.15) is 0 Å². The van der Waals surface area contributed by atoms with Crippen LogP contribution in [-0.4, -0.2) is 25.4 Å². The van der Waals surface area contributed by atoms with Gasteiger partial charge < -0.3 is 14.6 Å². The van der Waals surface area contributed by atoms with E-state index >= 15 is 0 Å². The summed E-state index contributed by atoms with van der Waals surface area (Å²) in [5.41, 5.74) is 9.08. The molecule has 6 heteroatoms. The highest BCUT2D eigenvalue weighted by Gasteiger charge is 2.12. The summed E-state index contributed by atoms with van der Waals surface area (Å²) in [7, 11) is 1.55. The zero-order valence-corrected chi connectivity index (χ0v) is 9.83. The van der Waals surface area contributed by atoms with Crippen LogP contribution in [0.5, 0.6) is 11.5 Å². The van der Waals surface area contributed by atoms with Crippen LogP contribution in [0.2, 0.25) is 0 Å². The van der Waals surface area contributed by atoms with Crippen molar-refractivity contribution in [1.29, 1.82) is 0 Å². The fourth-order valence-corrected chi connectivity index (χ4v) is 1.44. The van der Waals surface area contributed by atoms with Crippen molar-refractivity contribution < 1.29 is 14.6 Å². The fourth-order valence-electron chi connectivity index (χ4n) is 1.44. The first-order valence-corrected chi connectivity index (χ1v) is 5.22. The maximum absolute atomic E-state index is 9.12. The third kappa shape index (κ3) is 3.27. The van der Waals surface area contributed by atoms with E-state index in [1.165, 1.54) is 0 Å². The van der Waals surface area contributed by atoms with Gasteiger partial charge in [-0.1, -0.05) is 11.2 Å². The van der Waals surface area contributed by atoms with Gasteiger partial charge in [0.15, 0.2) is 11.5 Å². The lowest BCUT2D eigenvalue weighted by Gasteiger charge is -2.13. The number of hydrogen-bond acceptors (Lipinski definition) is 4. The summed E-state index contributed by atoms with van der Waals surface area (Å²) in [4.78, 5) is 2.69. The maximum atomic E-state index is 9.12. The summed E-state index contributed by atoms with van der Waals surface area (Å²) < 4.78 is 10.5. The minimum atomic E-state index is -0.606. The van der Waals surface area contributed by atoms with Gasteiger partial charge in [-0.05, 0) is 30.2 Å². The number of benzene rings is 1. The number of aliphatic hydroxyl groups excluding tert-OH is 1. The van der Waals surface area contributed by atoms with Crippen LogP contribution < -0.4 is 9.47 Å². The molecule has 0 radical (unpaired) electrons. The van der Waals surface area contributed by atoms with E-state index in [-0.39, 0.29) is 6.61 Å². The van der Waals surface area contributed by atoms with Crippen molar-refractivity contribution in [3.8, 4) is 11.5 Å². The largest absolute Gasteiger partial charge is 0.493 e. The van der Waals surface area contributed by atoms with Crippen molar-refractivity contribution in [2.24, 2.45) is 5.11 Å². The van der Waals surface area contributed by atoms with E-state index in [0.29, 0.717) is 23.7 Å². The highest BCUT2D eigenvalue weighted by Crippen LogP contribution is 2.31. The number of azide groups is 1. The molecule has 1 unspecified atom stereocenters. The second-order valence-corrected chi connectivity index (χ2v) is 3.25. The lowest BCUT2D eigenvalue weighted by molar-refractivity contribution is 0.266. The molecular weight excluding hydrogens is 222 g/mol. The highest BCUT2D eigenvalue weighted by atomic mass is 16.5. The summed E-state index contributed by atoms with van der Waals surface area (Å²) >= 11 is 0. The quantitative estimate of drug-likeness (QED) is 0.468. The first-order valence-electron chi connectivity index (χ1n) is 5.22. The summed E-state index contributed by atoms with van der Waals surface area (Å²) in [5, 5.41) is 12.6. The van der Waals surface area contributed by atoms with Gasteiger partial charge in [0.05, 0.1) is 26.4 Å². The molecule has 1 aromatic carbocycles. The van der Waals surface area contributed by atoms with Gasteiger partial charge in [-0.15, -0.1) is 0 Å². The van der Waals surface area contributed by atoms with E-state index in [0.717, 1.165) is 0 Å². The molecule has 0 heterocycles. The molecule has 1 atom stereocenters. The van der Waals surface area contributed by atoms with Gasteiger partial charge in [-0.3, -0.25) is 0 Å². The Bertz CT molecular complexity index is 416. The van der Waals surface area contributed by atoms with Crippen molar-refractivity contribution in [3.63, 3.8) is 0 Å². The predicted octanol–water partition coefficient (Wildman–Crippen LogP) is 2.44. The van der Waals surface area contributed by atoms with Gasteiger partial charge in [0.2, 0.25) is 0 Å². The molecule has 0 aliphatic rings. The van der Waals surface area contributed by atoms with Gasteiger partial charge in [0.25, 0.3) is 0 Å². The lowest BCUT2D eigenvalue weighted by atomic mass is 10.1. The first-order chi connectivity index (χ1) is 8.26. The van der Waals surface area contributed by atoms with E-state index in [4.69, 9.17) is 20.1 Å². The molecule has 17 heavy (non-hydrogen) atoms. The molecule has 1 rings (SSSR count). The van der Waals surface area contributed by atoms with Crippen LogP contribution in [0.4, 0.5) is 0 Å². The maximum Gasteiger partial charge on any atom is 0.161 e. The molecule has 92 valence electrons. The number of methoxy groups -OCH3 is 1. The van der Waals surface area contributed by atoms with Crippen LogP contribution >= 0.6 is 0 Å². The van der Waals surface area contributed by atoms with Crippen molar-refractivity contribution in [1.82, 2.24) is 0 Å². The normalized spacial score (nSPS) is 11.5.